The number of carbonyl (C=O) groups is 1. The van der Waals surface area contributed by atoms with Gasteiger partial charge in [0.2, 0.25) is 5.91 Å². The first-order valence-corrected chi connectivity index (χ1v) is 9.17. The van der Waals surface area contributed by atoms with Gasteiger partial charge in [0.15, 0.2) is 10.8 Å². The lowest BCUT2D eigenvalue weighted by Gasteiger charge is -2.19. The van der Waals surface area contributed by atoms with Crippen LogP contribution in [-0.2, 0) is 4.79 Å². The largest absolute Gasteiger partial charge is 0.508 e. The number of amides is 1. The maximum absolute atomic E-state index is 11.3. The molecule has 7 nitrogen and oxygen atoms in total. The Balaban J connectivity index is 1.78. The van der Waals surface area contributed by atoms with Gasteiger partial charge in [-0.15, -0.1) is 0 Å². The summed E-state index contributed by atoms with van der Waals surface area (Å²) in [6, 6.07) is 8.87. The Morgan fingerprint density at radius 3 is 2.78 bits per heavy atom. The van der Waals surface area contributed by atoms with Crippen LogP contribution >= 0.6 is 11.6 Å². The third-order valence-corrected chi connectivity index (χ3v) is 4.97. The van der Waals surface area contributed by atoms with E-state index in [0.717, 1.165) is 41.3 Å². The van der Waals surface area contributed by atoms with Crippen LogP contribution in [0.3, 0.4) is 0 Å². The maximum atomic E-state index is 11.3. The van der Waals surface area contributed by atoms with Crippen molar-refractivity contribution < 1.29 is 9.90 Å². The van der Waals surface area contributed by atoms with Crippen LogP contribution in [0.25, 0.3) is 16.9 Å². The number of hydrogen-bond donors (Lipinski definition) is 2. The standard InChI is InChI=1S/C19H20ClN5O2/c1-11-18(13-3-5-15(27)6-4-13)25-19(21-11)16(9-17(20)23-25)24-8-7-14(10-24)22-12(2)26/h3-6,9,14,27H,7-8,10H2,1-2H3,(H,22,26)/t14-/m1/s1. The molecule has 2 N–H and O–H groups in total. The predicted molar refractivity (Wildman–Crippen MR) is 104 cm³/mol. The van der Waals surface area contributed by atoms with E-state index in [9.17, 15) is 9.90 Å². The highest BCUT2D eigenvalue weighted by molar-refractivity contribution is 6.29. The predicted octanol–water partition coefficient (Wildman–Crippen LogP) is 2.78. The number of aromatic hydroxyl groups is 1. The molecule has 1 amide bonds. The van der Waals surface area contributed by atoms with E-state index in [4.69, 9.17) is 16.6 Å². The average molecular weight is 386 g/mol. The summed E-state index contributed by atoms with van der Waals surface area (Å²) in [4.78, 5) is 18.3. The molecule has 1 aromatic carbocycles. The second-order valence-electron chi connectivity index (χ2n) is 6.81. The number of halogens is 1. The molecule has 0 bridgehead atoms. The Kier molecular flexibility index (Phi) is 4.39. The van der Waals surface area contributed by atoms with Crippen molar-refractivity contribution in [2.75, 3.05) is 18.0 Å². The van der Waals surface area contributed by atoms with Crippen LogP contribution in [0.1, 0.15) is 19.0 Å². The lowest BCUT2D eigenvalue weighted by molar-refractivity contribution is -0.119. The number of phenols is 1. The van der Waals surface area contributed by atoms with Crippen LogP contribution in [0, 0.1) is 6.92 Å². The molecule has 0 spiro atoms. The van der Waals surface area contributed by atoms with Gasteiger partial charge in [0.25, 0.3) is 0 Å². The zero-order valence-electron chi connectivity index (χ0n) is 15.1. The van der Waals surface area contributed by atoms with Crippen LogP contribution < -0.4 is 10.2 Å². The first-order valence-electron chi connectivity index (χ1n) is 8.79. The molecule has 0 unspecified atom stereocenters. The first-order chi connectivity index (χ1) is 12.9. The molecule has 140 valence electrons. The molecule has 1 atom stereocenters. The van der Waals surface area contributed by atoms with E-state index in [1.54, 1.807) is 16.6 Å². The molecule has 1 aliphatic rings. The van der Waals surface area contributed by atoms with E-state index in [-0.39, 0.29) is 17.7 Å². The van der Waals surface area contributed by atoms with Gasteiger partial charge in [-0.1, -0.05) is 11.6 Å². The van der Waals surface area contributed by atoms with Crippen molar-refractivity contribution in [2.24, 2.45) is 0 Å². The highest BCUT2D eigenvalue weighted by atomic mass is 35.5. The van der Waals surface area contributed by atoms with Gasteiger partial charge in [-0.25, -0.2) is 9.50 Å². The first kappa shape index (κ1) is 17.6. The summed E-state index contributed by atoms with van der Waals surface area (Å²) in [5.74, 6) is 0.184. The topological polar surface area (TPSA) is 82.8 Å². The minimum Gasteiger partial charge on any atom is -0.508 e. The number of aryl methyl sites for hydroxylation is 1. The van der Waals surface area contributed by atoms with Crippen molar-refractivity contribution in [2.45, 2.75) is 26.3 Å². The minimum atomic E-state index is -0.0222. The second-order valence-corrected chi connectivity index (χ2v) is 7.20. The third kappa shape index (κ3) is 3.30. The van der Waals surface area contributed by atoms with Crippen LogP contribution in [0.15, 0.2) is 30.3 Å². The lowest BCUT2D eigenvalue weighted by atomic mass is 10.1. The maximum Gasteiger partial charge on any atom is 0.217 e. The Morgan fingerprint density at radius 1 is 1.33 bits per heavy atom. The molecule has 1 saturated heterocycles. The number of fused-ring (bicyclic) bond motifs is 1. The summed E-state index contributed by atoms with van der Waals surface area (Å²) in [7, 11) is 0. The molecule has 2 aromatic heterocycles. The SMILES string of the molecule is CC(=O)N[C@@H]1CCN(c2cc(Cl)nn3c(-c4ccc(O)cc4)c(C)nc23)C1. The van der Waals surface area contributed by atoms with Gasteiger partial charge in [-0.3, -0.25) is 4.79 Å². The highest BCUT2D eigenvalue weighted by Crippen LogP contribution is 2.32. The van der Waals surface area contributed by atoms with Gasteiger partial charge < -0.3 is 15.3 Å². The number of phenolic OH excluding ortho intramolecular Hbond substituents is 1. The molecular weight excluding hydrogens is 366 g/mol. The fourth-order valence-electron chi connectivity index (χ4n) is 3.65. The number of anilines is 1. The van der Waals surface area contributed by atoms with Crippen LogP contribution in [0.5, 0.6) is 5.75 Å². The van der Waals surface area contributed by atoms with Crippen molar-refractivity contribution in [3.63, 3.8) is 0 Å². The summed E-state index contributed by atoms with van der Waals surface area (Å²) >= 11 is 6.32. The van der Waals surface area contributed by atoms with E-state index < -0.39 is 0 Å². The van der Waals surface area contributed by atoms with Gasteiger partial charge >= 0.3 is 0 Å². The Hall–Kier alpha value is -2.80. The van der Waals surface area contributed by atoms with E-state index in [2.05, 4.69) is 15.3 Å². The van der Waals surface area contributed by atoms with E-state index in [1.807, 2.05) is 25.1 Å². The summed E-state index contributed by atoms with van der Waals surface area (Å²) in [6.45, 7) is 4.97. The summed E-state index contributed by atoms with van der Waals surface area (Å²) in [5.41, 5.74) is 4.19. The van der Waals surface area contributed by atoms with Crippen molar-refractivity contribution in [1.82, 2.24) is 19.9 Å². The Bertz CT molecular complexity index is 1020. The van der Waals surface area contributed by atoms with Crippen molar-refractivity contribution >= 4 is 28.8 Å². The summed E-state index contributed by atoms with van der Waals surface area (Å²) in [6.07, 6.45) is 0.871. The number of benzene rings is 1. The minimum absolute atomic E-state index is 0.0222. The van der Waals surface area contributed by atoms with E-state index in [0.29, 0.717) is 11.7 Å². The van der Waals surface area contributed by atoms with Gasteiger partial charge in [0, 0.05) is 37.7 Å². The fourth-order valence-corrected chi connectivity index (χ4v) is 3.83. The normalized spacial score (nSPS) is 16.9. The van der Waals surface area contributed by atoms with Gasteiger partial charge in [0.05, 0.1) is 17.1 Å². The number of nitrogens with zero attached hydrogens (tertiary/aromatic N) is 4. The number of nitrogens with one attached hydrogen (secondary N) is 1. The van der Waals surface area contributed by atoms with Crippen molar-refractivity contribution in [3.8, 4) is 17.0 Å². The van der Waals surface area contributed by atoms with Gasteiger partial charge in [0.1, 0.15) is 5.75 Å². The molecule has 0 radical (unpaired) electrons. The number of aromatic nitrogens is 3. The molecule has 1 fully saturated rings. The molecule has 0 saturated carbocycles. The molecule has 8 heteroatoms. The molecule has 4 rings (SSSR count). The van der Waals surface area contributed by atoms with Crippen LogP contribution in [0.2, 0.25) is 5.15 Å². The van der Waals surface area contributed by atoms with E-state index >= 15 is 0 Å². The molecule has 27 heavy (non-hydrogen) atoms. The van der Waals surface area contributed by atoms with Crippen LogP contribution in [-0.4, -0.2) is 44.7 Å². The summed E-state index contributed by atoms with van der Waals surface area (Å²) in [5, 5.41) is 17.4. The number of rotatable bonds is 3. The number of hydrogen-bond acceptors (Lipinski definition) is 5. The molecule has 3 heterocycles. The van der Waals surface area contributed by atoms with Crippen molar-refractivity contribution in [1.29, 1.82) is 0 Å². The Labute approximate surface area is 161 Å². The molecule has 1 aliphatic heterocycles. The smallest absolute Gasteiger partial charge is 0.217 e. The zero-order valence-corrected chi connectivity index (χ0v) is 15.9. The lowest BCUT2D eigenvalue weighted by Crippen LogP contribution is -2.35. The zero-order chi connectivity index (χ0) is 19.1. The van der Waals surface area contributed by atoms with Gasteiger partial charge in [-0.05, 0) is 37.6 Å². The highest BCUT2D eigenvalue weighted by Gasteiger charge is 2.27. The third-order valence-electron chi connectivity index (χ3n) is 4.79. The van der Waals surface area contributed by atoms with Crippen LogP contribution in [0.4, 0.5) is 5.69 Å². The fraction of sp³-hybridized carbons (Fsp3) is 0.316. The number of imidazole rings is 1. The Morgan fingerprint density at radius 2 is 2.07 bits per heavy atom. The second kappa shape index (κ2) is 6.74. The van der Waals surface area contributed by atoms with Crippen molar-refractivity contribution in [3.05, 3.63) is 41.2 Å². The molecule has 3 aromatic rings. The average Bonchev–Trinajstić information content (AvgIpc) is 3.18. The van der Waals surface area contributed by atoms with Gasteiger partial charge in [-0.2, -0.15) is 5.10 Å². The van der Waals surface area contributed by atoms with E-state index in [1.165, 1.54) is 6.92 Å². The summed E-state index contributed by atoms with van der Waals surface area (Å²) < 4.78 is 1.76. The number of carbonyl (C=O) groups excluding carboxylic acids is 1. The molecular formula is C19H20ClN5O2. The monoisotopic (exact) mass is 385 g/mol. The quantitative estimate of drug-likeness (QED) is 0.724. The molecule has 0 aliphatic carbocycles.